The number of anilines is 1. The van der Waals surface area contributed by atoms with Crippen molar-refractivity contribution in [3.05, 3.63) is 64.3 Å². The molecule has 28 heavy (non-hydrogen) atoms. The van der Waals surface area contributed by atoms with Crippen molar-refractivity contribution >= 4 is 17.0 Å². The summed E-state index contributed by atoms with van der Waals surface area (Å²) in [5.74, 6) is 0. The molecule has 146 valence electrons. The summed E-state index contributed by atoms with van der Waals surface area (Å²) in [4.78, 5) is 2.19. The highest BCUT2D eigenvalue weighted by molar-refractivity contribution is 7.07. The second-order valence-electron chi connectivity index (χ2n) is 6.43. The van der Waals surface area contributed by atoms with Gasteiger partial charge in [-0.15, -0.1) is 11.3 Å². The number of morpholine rings is 1. The van der Waals surface area contributed by atoms with Gasteiger partial charge in [0.1, 0.15) is 0 Å². The number of rotatable bonds is 3. The Morgan fingerprint density at radius 1 is 0.964 bits per heavy atom. The molecule has 0 atom stereocenters. The maximum atomic E-state index is 13.4. The molecule has 0 amide bonds. The van der Waals surface area contributed by atoms with Crippen molar-refractivity contribution in [2.45, 2.75) is 6.18 Å². The van der Waals surface area contributed by atoms with E-state index in [9.17, 15) is 13.2 Å². The summed E-state index contributed by atoms with van der Waals surface area (Å²) >= 11 is 1.19. The first-order chi connectivity index (χ1) is 13.4. The fraction of sp³-hybridized carbons (Fsp3) is 0.250. The van der Waals surface area contributed by atoms with E-state index in [4.69, 9.17) is 10.1 Å². The minimum atomic E-state index is -4.45. The zero-order valence-corrected chi connectivity index (χ0v) is 15.7. The van der Waals surface area contributed by atoms with Gasteiger partial charge < -0.3 is 9.64 Å². The molecule has 0 spiro atoms. The van der Waals surface area contributed by atoms with Crippen LogP contribution < -0.4 is 9.70 Å². The number of alkyl halides is 3. The van der Waals surface area contributed by atoms with Crippen LogP contribution in [0.1, 0.15) is 5.56 Å². The van der Waals surface area contributed by atoms with Gasteiger partial charge in [-0.2, -0.15) is 13.2 Å². The molecule has 0 radical (unpaired) electrons. The van der Waals surface area contributed by atoms with Crippen LogP contribution in [0.3, 0.4) is 0 Å². The molecule has 1 aromatic heterocycles. The van der Waals surface area contributed by atoms with E-state index in [1.165, 1.54) is 17.4 Å². The Hall–Kier alpha value is -2.58. The van der Waals surface area contributed by atoms with Crippen LogP contribution in [-0.2, 0) is 10.9 Å². The third kappa shape index (κ3) is 3.57. The summed E-state index contributed by atoms with van der Waals surface area (Å²) in [6.45, 7) is 2.23. The standard InChI is InChI=1S/C20H18F3N3OS/c21-20(22,23)15-6-7-16(25-8-10-27-11-9-25)17(12-15)26-18(13-28-19(26)24)14-4-2-1-3-5-14/h1-7,12-13,24H,8-11H2. The van der Waals surface area contributed by atoms with Crippen molar-refractivity contribution in [1.82, 2.24) is 4.57 Å². The van der Waals surface area contributed by atoms with Gasteiger partial charge in [0.15, 0.2) is 4.80 Å². The Balaban J connectivity index is 1.93. The average molecular weight is 405 g/mol. The highest BCUT2D eigenvalue weighted by Gasteiger charge is 2.32. The number of nitrogens with zero attached hydrogens (tertiary/aromatic N) is 2. The SMILES string of the molecule is N=c1scc(-c2ccccc2)n1-c1cc(C(F)(F)F)ccc1N1CCOCC1. The Bertz CT molecular complexity index is 1020. The molecule has 0 unspecified atom stereocenters. The maximum Gasteiger partial charge on any atom is 0.416 e. The minimum absolute atomic E-state index is 0.174. The molecule has 3 aromatic rings. The summed E-state index contributed by atoms with van der Waals surface area (Å²) in [6, 6.07) is 13.1. The van der Waals surface area contributed by atoms with Crippen molar-refractivity contribution in [1.29, 1.82) is 5.41 Å². The molecule has 1 aliphatic rings. The minimum Gasteiger partial charge on any atom is -0.378 e. The van der Waals surface area contributed by atoms with E-state index in [1.54, 1.807) is 9.95 Å². The van der Waals surface area contributed by atoms with Crippen molar-refractivity contribution in [2.75, 3.05) is 31.2 Å². The van der Waals surface area contributed by atoms with Crippen molar-refractivity contribution in [3.8, 4) is 16.9 Å². The monoisotopic (exact) mass is 405 g/mol. The normalized spacial score (nSPS) is 15.0. The average Bonchev–Trinajstić information content (AvgIpc) is 3.09. The molecule has 1 saturated heterocycles. The lowest BCUT2D eigenvalue weighted by Gasteiger charge is -2.31. The zero-order chi connectivity index (χ0) is 19.7. The first-order valence-corrected chi connectivity index (χ1v) is 9.68. The van der Waals surface area contributed by atoms with E-state index in [2.05, 4.69) is 0 Å². The second kappa shape index (κ2) is 7.44. The number of hydrogen-bond acceptors (Lipinski definition) is 4. The fourth-order valence-electron chi connectivity index (χ4n) is 3.32. The van der Waals surface area contributed by atoms with Crippen LogP contribution >= 0.6 is 11.3 Å². The number of thiazole rings is 1. The van der Waals surface area contributed by atoms with Gasteiger partial charge in [-0.1, -0.05) is 30.3 Å². The third-order valence-corrected chi connectivity index (χ3v) is 5.44. The Morgan fingerprint density at radius 2 is 1.68 bits per heavy atom. The first kappa shape index (κ1) is 18.8. The van der Waals surface area contributed by atoms with Gasteiger partial charge >= 0.3 is 6.18 Å². The smallest absolute Gasteiger partial charge is 0.378 e. The summed E-state index contributed by atoms with van der Waals surface area (Å²) in [5, 5.41) is 10.2. The predicted octanol–water partition coefficient (Wildman–Crippen LogP) is 4.54. The summed E-state index contributed by atoms with van der Waals surface area (Å²) < 4.78 is 47.2. The molecule has 2 heterocycles. The highest BCUT2D eigenvalue weighted by Crippen LogP contribution is 2.36. The van der Waals surface area contributed by atoms with Gasteiger partial charge in [0.05, 0.1) is 35.8 Å². The first-order valence-electron chi connectivity index (χ1n) is 8.80. The van der Waals surface area contributed by atoms with Crippen LogP contribution in [0.4, 0.5) is 18.9 Å². The van der Waals surface area contributed by atoms with E-state index in [1.807, 2.05) is 35.2 Å². The Morgan fingerprint density at radius 3 is 2.36 bits per heavy atom. The molecule has 8 heteroatoms. The molecule has 1 fully saturated rings. The maximum absolute atomic E-state index is 13.4. The largest absolute Gasteiger partial charge is 0.416 e. The number of nitrogens with one attached hydrogen (secondary N) is 1. The summed E-state index contributed by atoms with van der Waals surface area (Å²) in [6.07, 6.45) is -4.45. The van der Waals surface area contributed by atoms with Gasteiger partial charge in [-0.05, 0) is 23.8 Å². The van der Waals surface area contributed by atoms with Crippen LogP contribution in [0.25, 0.3) is 16.9 Å². The van der Waals surface area contributed by atoms with Gasteiger partial charge in [0, 0.05) is 18.5 Å². The zero-order valence-electron chi connectivity index (χ0n) is 14.9. The lowest BCUT2D eigenvalue weighted by molar-refractivity contribution is -0.137. The third-order valence-electron chi connectivity index (χ3n) is 4.69. The van der Waals surface area contributed by atoms with E-state index in [0.29, 0.717) is 43.4 Å². The number of hydrogen-bond donors (Lipinski definition) is 1. The van der Waals surface area contributed by atoms with Crippen LogP contribution in [0, 0.1) is 5.41 Å². The molecule has 1 aliphatic heterocycles. The van der Waals surface area contributed by atoms with E-state index in [-0.39, 0.29) is 4.80 Å². The van der Waals surface area contributed by atoms with Gasteiger partial charge in [0.25, 0.3) is 0 Å². The molecule has 4 nitrogen and oxygen atoms in total. The van der Waals surface area contributed by atoms with Crippen molar-refractivity contribution in [2.24, 2.45) is 0 Å². The van der Waals surface area contributed by atoms with E-state index in [0.717, 1.165) is 17.7 Å². The second-order valence-corrected chi connectivity index (χ2v) is 7.29. The number of ether oxygens (including phenoxy) is 1. The fourth-order valence-corrected chi connectivity index (χ4v) is 4.09. The number of aromatic nitrogens is 1. The predicted molar refractivity (Wildman–Crippen MR) is 103 cm³/mol. The van der Waals surface area contributed by atoms with Crippen LogP contribution in [0.15, 0.2) is 53.9 Å². The van der Waals surface area contributed by atoms with Gasteiger partial charge in [-0.3, -0.25) is 9.98 Å². The summed E-state index contributed by atoms with van der Waals surface area (Å²) in [5.41, 5.74) is 1.86. The summed E-state index contributed by atoms with van der Waals surface area (Å²) in [7, 11) is 0. The van der Waals surface area contributed by atoms with Crippen molar-refractivity contribution in [3.63, 3.8) is 0 Å². The molecule has 0 saturated carbocycles. The molecule has 0 bridgehead atoms. The number of halogens is 3. The van der Waals surface area contributed by atoms with E-state index < -0.39 is 11.7 Å². The lowest BCUT2D eigenvalue weighted by Crippen LogP contribution is -2.37. The lowest BCUT2D eigenvalue weighted by atomic mass is 10.1. The molecule has 0 aliphatic carbocycles. The molecule has 1 N–H and O–H groups in total. The van der Waals surface area contributed by atoms with Crippen LogP contribution in [0.5, 0.6) is 0 Å². The number of benzene rings is 2. The van der Waals surface area contributed by atoms with Crippen LogP contribution in [-0.4, -0.2) is 30.9 Å². The van der Waals surface area contributed by atoms with Gasteiger partial charge in [-0.25, -0.2) is 0 Å². The highest BCUT2D eigenvalue weighted by atomic mass is 32.1. The topological polar surface area (TPSA) is 41.2 Å². The van der Waals surface area contributed by atoms with Crippen LogP contribution in [0.2, 0.25) is 0 Å². The molecule has 2 aromatic carbocycles. The Kier molecular flexibility index (Phi) is 4.99. The molecular weight excluding hydrogens is 387 g/mol. The molecule has 4 rings (SSSR count). The van der Waals surface area contributed by atoms with Crippen molar-refractivity contribution < 1.29 is 17.9 Å². The molecular formula is C20H18F3N3OS. The quantitative estimate of drug-likeness (QED) is 0.695. The Labute approximate surface area is 163 Å². The van der Waals surface area contributed by atoms with Gasteiger partial charge in [0.2, 0.25) is 0 Å². The van der Waals surface area contributed by atoms with E-state index >= 15 is 0 Å².